The van der Waals surface area contributed by atoms with Crippen LogP contribution >= 0.6 is 15.9 Å². The molecule has 0 aromatic carbocycles. The largest absolute Gasteiger partial charge is 0.367 e. The van der Waals surface area contributed by atoms with Gasteiger partial charge in [0.15, 0.2) is 0 Å². The first-order valence-corrected chi connectivity index (χ1v) is 2.23. The molecule has 0 bridgehead atoms. The van der Waals surface area contributed by atoms with Crippen molar-refractivity contribution in [2.45, 2.75) is 0 Å². The Morgan fingerprint density at radius 3 is 3.00 bits per heavy atom. The summed E-state index contributed by atoms with van der Waals surface area (Å²) in [5.41, 5.74) is 0. The van der Waals surface area contributed by atoms with Crippen molar-refractivity contribution in [3.63, 3.8) is 0 Å². The second-order valence-corrected chi connectivity index (χ2v) is 1.61. The molecule has 0 aliphatic heterocycles. The van der Waals surface area contributed by atoms with E-state index in [-0.39, 0.29) is 18.4 Å². The molecular formula is C4H4BrN. The van der Waals surface area contributed by atoms with Crippen LogP contribution in [0.2, 0.25) is 0 Å². The standard InChI is InChI=1S/C4H4BrN/c5-4-1-2-6-3-4/h1-3,6H/i1D,2D,3D. The highest BCUT2D eigenvalue weighted by Gasteiger charge is 1.75. The summed E-state index contributed by atoms with van der Waals surface area (Å²) in [6, 6.07) is 0.0417. The first kappa shape index (κ1) is 1.70. The molecule has 0 amide bonds. The molecular weight excluding hydrogens is 142 g/mol. The van der Waals surface area contributed by atoms with Crippen molar-refractivity contribution in [2.24, 2.45) is 0 Å². The summed E-state index contributed by atoms with van der Waals surface area (Å²) in [7, 11) is 0. The van der Waals surface area contributed by atoms with Crippen LogP contribution in [0, 0.1) is 0 Å². The molecule has 0 spiro atoms. The summed E-state index contributed by atoms with van der Waals surface area (Å²) in [6.07, 6.45) is 0.0666. The number of nitrogens with one attached hydrogen (secondary N) is 1. The molecule has 1 aromatic rings. The fourth-order valence-corrected chi connectivity index (χ4v) is 0.402. The molecule has 6 heavy (non-hydrogen) atoms. The molecule has 1 N–H and O–H groups in total. The smallest absolute Gasteiger partial charge is 0.0828 e. The molecule has 0 unspecified atom stereocenters. The highest BCUT2D eigenvalue weighted by atomic mass is 79.9. The lowest BCUT2D eigenvalue weighted by atomic mass is 10.7. The summed E-state index contributed by atoms with van der Waals surface area (Å²) in [5.74, 6) is 0. The lowest BCUT2D eigenvalue weighted by Gasteiger charge is -1.62. The molecule has 2 heteroatoms. The van der Waals surface area contributed by atoms with Crippen LogP contribution in [0.4, 0.5) is 0 Å². The lowest BCUT2D eigenvalue weighted by molar-refractivity contribution is 1.41. The number of halogens is 1. The maximum absolute atomic E-state index is 7.08. The van der Waals surface area contributed by atoms with E-state index >= 15 is 0 Å². The molecule has 1 rings (SSSR count). The fourth-order valence-electron chi connectivity index (χ4n) is 0.203. The van der Waals surface area contributed by atoms with E-state index in [4.69, 9.17) is 4.11 Å². The Hall–Kier alpha value is -0.240. The minimum atomic E-state index is -0.0214. The molecule has 0 aliphatic carbocycles. The van der Waals surface area contributed by atoms with Crippen LogP contribution in [0.3, 0.4) is 0 Å². The second-order valence-electron chi connectivity index (χ2n) is 0.814. The summed E-state index contributed by atoms with van der Waals surface area (Å²) >= 11 is 2.97. The highest BCUT2D eigenvalue weighted by molar-refractivity contribution is 9.10. The average molecular weight is 149 g/mol. The van der Waals surface area contributed by atoms with Crippen LogP contribution in [0.5, 0.6) is 0 Å². The normalized spacial score (nSPS) is 15.8. The van der Waals surface area contributed by atoms with E-state index in [2.05, 4.69) is 20.9 Å². The number of rotatable bonds is 0. The SMILES string of the molecule is [2H]c1[nH]c([2H])c(Br)c1[2H]. The van der Waals surface area contributed by atoms with Crippen LogP contribution in [0.15, 0.2) is 22.9 Å². The zero-order valence-electron chi connectivity index (χ0n) is 5.88. The monoisotopic (exact) mass is 148 g/mol. The molecule has 32 valence electrons. The predicted octanol–water partition coefficient (Wildman–Crippen LogP) is 1.78. The number of hydrogen-bond acceptors (Lipinski definition) is 0. The fraction of sp³-hybridized carbons (Fsp3) is 0. The molecule has 0 aliphatic rings. The van der Waals surface area contributed by atoms with E-state index < -0.39 is 0 Å². The van der Waals surface area contributed by atoms with Gasteiger partial charge in [-0.2, -0.15) is 0 Å². The maximum Gasteiger partial charge on any atom is 0.0828 e. The van der Waals surface area contributed by atoms with Gasteiger partial charge in [-0.3, -0.25) is 0 Å². The minimum absolute atomic E-state index is 0.0214. The van der Waals surface area contributed by atoms with Gasteiger partial charge < -0.3 is 4.98 Å². The summed E-state index contributed by atoms with van der Waals surface area (Å²) < 4.78 is 21.5. The van der Waals surface area contributed by atoms with Gasteiger partial charge in [0.1, 0.15) is 0 Å². The molecule has 1 aromatic heterocycles. The molecule has 0 fully saturated rings. The van der Waals surface area contributed by atoms with Crippen molar-refractivity contribution >= 4 is 15.9 Å². The van der Waals surface area contributed by atoms with E-state index in [1.54, 1.807) is 0 Å². The van der Waals surface area contributed by atoms with E-state index in [0.717, 1.165) is 0 Å². The van der Waals surface area contributed by atoms with Crippen LogP contribution in [0.1, 0.15) is 4.11 Å². The number of aromatic amines is 1. The minimum Gasteiger partial charge on any atom is -0.367 e. The van der Waals surface area contributed by atoms with Crippen molar-refractivity contribution in [1.29, 1.82) is 0 Å². The van der Waals surface area contributed by atoms with E-state index in [0.29, 0.717) is 4.47 Å². The Bertz CT molecular complexity index is 209. The van der Waals surface area contributed by atoms with Gasteiger partial charge in [-0.25, -0.2) is 0 Å². The first-order valence-electron chi connectivity index (χ1n) is 2.94. The van der Waals surface area contributed by atoms with E-state index in [1.165, 1.54) is 0 Å². The van der Waals surface area contributed by atoms with E-state index in [1.807, 2.05) is 0 Å². The zero-order chi connectivity index (χ0) is 7.02. The third-order valence-corrected chi connectivity index (χ3v) is 0.803. The highest BCUT2D eigenvalue weighted by Crippen LogP contribution is 2.03. The number of hydrogen-bond donors (Lipinski definition) is 1. The lowest BCUT2D eigenvalue weighted by Crippen LogP contribution is -1.42. The Morgan fingerprint density at radius 2 is 2.83 bits per heavy atom. The maximum atomic E-state index is 7.08. The van der Waals surface area contributed by atoms with Crippen molar-refractivity contribution in [2.75, 3.05) is 0 Å². The quantitative estimate of drug-likeness (QED) is 0.578. The second kappa shape index (κ2) is 1.47. The van der Waals surface area contributed by atoms with Gasteiger partial charge in [-0.15, -0.1) is 0 Å². The van der Waals surface area contributed by atoms with Gasteiger partial charge in [0.25, 0.3) is 0 Å². The van der Waals surface area contributed by atoms with Crippen molar-refractivity contribution < 1.29 is 4.11 Å². The summed E-state index contributed by atoms with van der Waals surface area (Å²) in [4.78, 5) is 2.37. The van der Waals surface area contributed by atoms with Crippen molar-refractivity contribution in [3.05, 3.63) is 22.9 Å². The van der Waals surface area contributed by atoms with Crippen LogP contribution < -0.4 is 0 Å². The molecule has 1 nitrogen and oxygen atoms in total. The molecule has 0 radical (unpaired) electrons. The topological polar surface area (TPSA) is 15.8 Å². The van der Waals surface area contributed by atoms with Crippen LogP contribution in [-0.4, -0.2) is 4.98 Å². The van der Waals surface area contributed by atoms with Gasteiger partial charge in [0, 0.05) is 16.8 Å². The predicted molar refractivity (Wildman–Crippen MR) is 28.5 cm³/mol. The Balaban J connectivity index is 3.29. The van der Waals surface area contributed by atoms with Gasteiger partial charge in [0.2, 0.25) is 0 Å². The Kier molecular flexibility index (Phi) is 0.417. The van der Waals surface area contributed by atoms with Gasteiger partial charge in [0.05, 0.1) is 4.11 Å². The van der Waals surface area contributed by atoms with Crippen LogP contribution in [-0.2, 0) is 0 Å². The van der Waals surface area contributed by atoms with Crippen molar-refractivity contribution in [1.82, 2.24) is 4.98 Å². The summed E-state index contributed by atoms with van der Waals surface area (Å²) in [6.45, 7) is 0. The third kappa shape index (κ3) is 0.627. The third-order valence-electron chi connectivity index (χ3n) is 0.407. The van der Waals surface area contributed by atoms with E-state index in [9.17, 15) is 0 Å². The van der Waals surface area contributed by atoms with Crippen molar-refractivity contribution in [3.8, 4) is 0 Å². The number of aromatic nitrogens is 1. The van der Waals surface area contributed by atoms with Crippen LogP contribution in [0.25, 0.3) is 0 Å². The number of H-pyrrole nitrogens is 1. The van der Waals surface area contributed by atoms with Gasteiger partial charge in [-0.05, 0) is 22.0 Å². The zero-order valence-corrected chi connectivity index (χ0v) is 4.46. The first-order chi connectivity index (χ1) is 4.13. The van der Waals surface area contributed by atoms with Gasteiger partial charge in [-0.1, -0.05) is 0 Å². The molecule has 0 atom stereocenters. The molecule has 0 saturated carbocycles. The Labute approximate surface area is 48.7 Å². The summed E-state index contributed by atoms with van der Waals surface area (Å²) in [5, 5.41) is 0. The molecule has 1 heterocycles. The molecule has 0 saturated heterocycles. The Morgan fingerprint density at radius 1 is 2.00 bits per heavy atom. The average Bonchev–Trinajstić information content (AvgIpc) is 1.98. The van der Waals surface area contributed by atoms with Gasteiger partial charge >= 0.3 is 0 Å².